The van der Waals surface area contributed by atoms with Crippen molar-refractivity contribution in [3.05, 3.63) is 53.9 Å². The van der Waals surface area contributed by atoms with E-state index in [4.69, 9.17) is 4.99 Å². The fraction of sp³-hybridized carbons (Fsp3) is 0.545. The Kier molecular flexibility index (Phi) is 7.48. The lowest BCUT2D eigenvalue weighted by Crippen LogP contribution is -2.53. The number of aromatic nitrogens is 2. The van der Waals surface area contributed by atoms with Crippen LogP contribution in [0.15, 0.2) is 47.7 Å². The molecule has 0 amide bonds. The molecule has 0 spiro atoms. The smallest absolute Gasteiger partial charge is 0.194 e. The minimum Gasteiger partial charge on any atom is -0.357 e. The highest BCUT2D eigenvalue weighted by atomic mass is 15.4. The maximum absolute atomic E-state index is 4.87. The Morgan fingerprint density at radius 2 is 1.89 bits per heavy atom. The molecule has 1 fully saturated rings. The first kappa shape index (κ1) is 20.4. The van der Waals surface area contributed by atoms with Gasteiger partial charge in [-0.15, -0.1) is 0 Å². The van der Waals surface area contributed by atoms with Gasteiger partial charge in [0.15, 0.2) is 5.96 Å². The number of aliphatic imine (C=N–C) groups is 1. The third-order valence-electron chi connectivity index (χ3n) is 5.38. The molecule has 28 heavy (non-hydrogen) atoms. The van der Waals surface area contributed by atoms with Crippen LogP contribution in [0.5, 0.6) is 0 Å². The molecule has 1 aliphatic rings. The average Bonchev–Trinajstić information content (AvgIpc) is 3.14. The number of piperazine rings is 1. The van der Waals surface area contributed by atoms with Crippen LogP contribution in [-0.4, -0.2) is 64.8 Å². The van der Waals surface area contributed by atoms with Gasteiger partial charge in [0, 0.05) is 58.6 Å². The fourth-order valence-corrected chi connectivity index (χ4v) is 3.94. The molecule has 2 heterocycles. The second kappa shape index (κ2) is 10.3. The second-order valence-electron chi connectivity index (χ2n) is 7.37. The summed E-state index contributed by atoms with van der Waals surface area (Å²) in [6.07, 6.45) is 6.06. The first-order valence-corrected chi connectivity index (χ1v) is 10.5. The van der Waals surface area contributed by atoms with Crippen molar-refractivity contribution >= 4 is 5.96 Å². The molecule has 6 heteroatoms. The molecule has 1 aromatic carbocycles. The summed E-state index contributed by atoms with van der Waals surface area (Å²) in [6.45, 7) is 10.3. The van der Waals surface area contributed by atoms with Gasteiger partial charge in [0.05, 0.1) is 6.20 Å². The van der Waals surface area contributed by atoms with Crippen LogP contribution in [0.25, 0.3) is 0 Å². The third kappa shape index (κ3) is 5.35. The van der Waals surface area contributed by atoms with Crippen molar-refractivity contribution in [2.24, 2.45) is 12.0 Å². The summed E-state index contributed by atoms with van der Waals surface area (Å²) >= 11 is 0. The summed E-state index contributed by atoms with van der Waals surface area (Å²) < 4.78 is 1.85. The highest BCUT2D eigenvalue weighted by Crippen LogP contribution is 2.25. The summed E-state index contributed by atoms with van der Waals surface area (Å²) in [4.78, 5) is 9.89. The Labute approximate surface area is 169 Å². The first-order chi connectivity index (χ1) is 13.7. The van der Waals surface area contributed by atoms with Gasteiger partial charge in [0.1, 0.15) is 0 Å². The van der Waals surface area contributed by atoms with Gasteiger partial charge in [-0.05, 0) is 30.9 Å². The average molecular weight is 383 g/mol. The molecule has 1 saturated heterocycles. The maximum atomic E-state index is 4.87. The van der Waals surface area contributed by atoms with Crippen LogP contribution in [0, 0.1) is 0 Å². The van der Waals surface area contributed by atoms with E-state index in [1.807, 2.05) is 17.9 Å². The Morgan fingerprint density at radius 3 is 2.50 bits per heavy atom. The molecule has 1 unspecified atom stereocenters. The topological polar surface area (TPSA) is 48.7 Å². The maximum Gasteiger partial charge on any atom is 0.194 e. The number of hydrogen-bond donors (Lipinski definition) is 1. The van der Waals surface area contributed by atoms with Crippen molar-refractivity contribution in [2.45, 2.75) is 32.7 Å². The van der Waals surface area contributed by atoms with Crippen LogP contribution in [0.4, 0.5) is 0 Å². The summed E-state index contributed by atoms with van der Waals surface area (Å²) in [6, 6.07) is 11.4. The summed E-state index contributed by atoms with van der Waals surface area (Å²) in [5.74, 6) is 1.04. The van der Waals surface area contributed by atoms with E-state index in [-0.39, 0.29) is 0 Å². The Balaban J connectivity index is 1.56. The number of guanidine groups is 1. The lowest BCUT2D eigenvalue weighted by molar-refractivity contribution is 0.127. The van der Waals surface area contributed by atoms with E-state index >= 15 is 0 Å². The molecule has 2 aromatic rings. The number of aryl methyl sites for hydroxylation is 1. The van der Waals surface area contributed by atoms with Crippen LogP contribution in [-0.2, 0) is 13.5 Å². The SMILES string of the molecule is CCNC(=NCCc1cnn(C)c1)N1CCN(C(CC)c2ccccc2)CC1. The van der Waals surface area contributed by atoms with Crippen LogP contribution < -0.4 is 5.32 Å². The number of hydrogen-bond acceptors (Lipinski definition) is 3. The van der Waals surface area contributed by atoms with Gasteiger partial charge in [-0.3, -0.25) is 14.6 Å². The molecule has 0 radical (unpaired) electrons. The quantitative estimate of drug-likeness (QED) is 0.591. The van der Waals surface area contributed by atoms with E-state index in [1.165, 1.54) is 11.1 Å². The van der Waals surface area contributed by atoms with E-state index in [0.717, 1.165) is 58.1 Å². The van der Waals surface area contributed by atoms with Crippen LogP contribution >= 0.6 is 0 Å². The van der Waals surface area contributed by atoms with Crippen molar-refractivity contribution in [3.8, 4) is 0 Å². The van der Waals surface area contributed by atoms with E-state index in [0.29, 0.717) is 6.04 Å². The van der Waals surface area contributed by atoms with Crippen molar-refractivity contribution < 1.29 is 0 Å². The zero-order valence-electron chi connectivity index (χ0n) is 17.5. The van der Waals surface area contributed by atoms with Gasteiger partial charge in [0.25, 0.3) is 0 Å². The van der Waals surface area contributed by atoms with Crippen molar-refractivity contribution in [1.29, 1.82) is 0 Å². The predicted molar refractivity (Wildman–Crippen MR) is 116 cm³/mol. The molecule has 0 saturated carbocycles. The number of benzene rings is 1. The van der Waals surface area contributed by atoms with Gasteiger partial charge in [0.2, 0.25) is 0 Å². The molecule has 6 nitrogen and oxygen atoms in total. The standard InChI is InChI=1S/C22H34N6/c1-4-21(20-9-7-6-8-10-20)27-13-15-28(16-14-27)22(23-5-2)24-12-11-19-17-25-26(3)18-19/h6-10,17-18,21H,4-5,11-16H2,1-3H3,(H,23,24). The molecule has 1 N–H and O–H groups in total. The molecule has 152 valence electrons. The Bertz CT molecular complexity index is 730. The van der Waals surface area contributed by atoms with Gasteiger partial charge in [-0.2, -0.15) is 5.10 Å². The third-order valence-corrected chi connectivity index (χ3v) is 5.38. The molecule has 1 aliphatic heterocycles. The molecule has 1 atom stereocenters. The normalized spacial score (nSPS) is 17.0. The lowest BCUT2D eigenvalue weighted by Gasteiger charge is -2.40. The predicted octanol–water partition coefficient (Wildman–Crippen LogP) is 2.70. The van der Waals surface area contributed by atoms with Crippen molar-refractivity contribution in [1.82, 2.24) is 24.9 Å². The largest absolute Gasteiger partial charge is 0.357 e. The first-order valence-electron chi connectivity index (χ1n) is 10.5. The molecule has 0 aliphatic carbocycles. The minimum absolute atomic E-state index is 0.508. The van der Waals surface area contributed by atoms with E-state index in [1.54, 1.807) is 0 Å². The van der Waals surface area contributed by atoms with Gasteiger partial charge >= 0.3 is 0 Å². The second-order valence-corrected chi connectivity index (χ2v) is 7.37. The van der Waals surface area contributed by atoms with Crippen LogP contribution in [0.1, 0.15) is 37.4 Å². The van der Waals surface area contributed by atoms with Crippen molar-refractivity contribution in [2.75, 3.05) is 39.3 Å². The van der Waals surface area contributed by atoms with E-state index in [9.17, 15) is 0 Å². The zero-order chi connectivity index (χ0) is 19.8. The fourth-order valence-electron chi connectivity index (χ4n) is 3.94. The summed E-state index contributed by atoms with van der Waals surface area (Å²) in [5.41, 5.74) is 2.66. The minimum atomic E-state index is 0.508. The summed E-state index contributed by atoms with van der Waals surface area (Å²) in [7, 11) is 1.95. The Hall–Kier alpha value is -2.34. The van der Waals surface area contributed by atoms with Gasteiger partial charge in [-0.25, -0.2) is 0 Å². The van der Waals surface area contributed by atoms with Gasteiger partial charge in [-0.1, -0.05) is 37.3 Å². The zero-order valence-corrected chi connectivity index (χ0v) is 17.5. The number of nitrogens with zero attached hydrogens (tertiary/aromatic N) is 5. The molecular weight excluding hydrogens is 348 g/mol. The van der Waals surface area contributed by atoms with Crippen molar-refractivity contribution in [3.63, 3.8) is 0 Å². The Morgan fingerprint density at radius 1 is 1.14 bits per heavy atom. The monoisotopic (exact) mass is 382 g/mol. The number of nitrogens with one attached hydrogen (secondary N) is 1. The molecule has 3 rings (SSSR count). The van der Waals surface area contributed by atoms with E-state index in [2.05, 4.69) is 70.6 Å². The van der Waals surface area contributed by atoms with Crippen LogP contribution in [0.2, 0.25) is 0 Å². The van der Waals surface area contributed by atoms with Crippen LogP contribution in [0.3, 0.4) is 0 Å². The van der Waals surface area contributed by atoms with Gasteiger partial charge < -0.3 is 10.2 Å². The summed E-state index contributed by atoms with van der Waals surface area (Å²) in [5, 5.41) is 7.71. The van der Waals surface area contributed by atoms with E-state index < -0.39 is 0 Å². The lowest BCUT2D eigenvalue weighted by atomic mass is 10.0. The molecular formula is C22H34N6. The number of rotatable bonds is 7. The molecule has 1 aromatic heterocycles. The highest BCUT2D eigenvalue weighted by Gasteiger charge is 2.25. The highest BCUT2D eigenvalue weighted by molar-refractivity contribution is 5.80. The molecule has 0 bridgehead atoms.